The number of fused-ring (bicyclic) bond motifs is 1. The molecule has 0 radical (unpaired) electrons. The van der Waals surface area contributed by atoms with Crippen molar-refractivity contribution in [2.45, 2.75) is 25.8 Å². The van der Waals surface area contributed by atoms with Gasteiger partial charge in [0.05, 0.1) is 25.7 Å². The minimum atomic E-state index is -0.243. The van der Waals surface area contributed by atoms with Gasteiger partial charge in [-0.05, 0) is 30.2 Å². The van der Waals surface area contributed by atoms with Gasteiger partial charge in [-0.25, -0.2) is 0 Å². The fourth-order valence-corrected chi connectivity index (χ4v) is 3.52. The number of ether oxygens (including phenoxy) is 1. The van der Waals surface area contributed by atoms with E-state index in [1.807, 2.05) is 30.3 Å². The molecule has 1 N–H and O–H groups in total. The number of carbonyl (C=O) groups is 2. The van der Waals surface area contributed by atoms with Gasteiger partial charge in [0.2, 0.25) is 11.8 Å². The van der Waals surface area contributed by atoms with Gasteiger partial charge in [0.25, 0.3) is 0 Å². The van der Waals surface area contributed by atoms with Crippen LogP contribution in [0.3, 0.4) is 0 Å². The molecule has 2 aliphatic heterocycles. The predicted molar refractivity (Wildman–Crippen MR) is 100 cm³/mol. The Bertz CT molecular complexity index is 668. The average Bonchev–Trinajstić information content (AvgIpc) is 2.66. The maximum atomic E-state index is 12.4. The molecule has 1 atom stereocenters. The first-order valence-corrected chi connectivity index (χ1v) is 9.28. The average molecular weight is 357 g/mol. The third-order valence-electron chi connectivity index (χ3n) is 4.92. The fourth-order valence-electron chi connectivity index (χ4n) is 3.52. The second kappa shape index (κ2) is 8.96. The standard InChI is InChI=1S/C20H27N3O3/c1-16(24)23-10-7-17-5-2-3-6-18(17)19(23)15-20(25)21-8-4-9-22-11-13-26-14-12-22/h2-3,5-7,10,19H,4,8-9,11-15H2,1H3,(H,21,25). The molecule has 0 aliphatic carbocycles. The van der Waals surface area contributed by atoms with Crippen molar-refractivity contribution in [3.63, 3.8) is 0 Å². The summed E-state index contributed by atoms with van der Waals surface area (Å²) < 4.78 is 5.34. The van der Waals surface area contributed by atoms with Gasteiger partial charge in [0, 0.05) is 32.8 Å². The number of hydrogen-bond donors (Lipinski definition) is 1. The van der Waals surface area contributed by atoms with Crippen molar-refractivity contribution in [3.8, 4) is 0 Å². The van der Waals surface area contributed by atoms with Crippen LogP contribution in [0.15, 0.2) is 30.5 Å². The van der Waals surface area contributed by atoms with E-state index in [4.69, 9.17) is 4.74 Å². The molecule has 1 saturated heterocycles. The lowest BCUT2D eigenvalue weighted by Crippen LogP contribution is -2.38. The third kappa shape index (κ3) is 4.71. The lowest BCUT2D eigenvalue weighted by Gasteiger charge is -2.32. The number of amides is 2. The zero-order valence-corrected chi connectivity index (χ0v) is 15.3. The van der Waals surface area contributed by atoms with Crippen LogP contribution in [-0.2, 0) is 14.3 Å². The molecular formula is C20H27N3O3. The van der Waals surface area contributed by atoms with Gasteiger partial charge in [-0.1, -0.05) is 24.3 Å². The Labute approximate surface area is 154 Å². The maximum absolute atomic E-state index is 12.4. The van der Waals surface area contributed by atoms with Crippen LogP contribution >= 0.6 is 0 Å². The SMILES string of the molecule is CC(=O)N1C=Cc2ccccc2C1CC(=O)NCCCN1CCOCC1. The summed E-state index contributed by atoms with van der Waals surface area (Å²) >= 11 is 0. The van der Waals surface area contributed by atoms with Crippen molar-refractivity contribution in [2.75, 3.05) is 39.4 Å². The molecule has 0 bridgehead atoms. The van der Waals surface area contributed by atoms with Crippen LogP contribution in [-0.4, -0.2) is 61.0 Å². The van der Waals surface area contributed by atoms with Crippen molar-refractivity contribution >= 4 is 17.9 Å². The van der Waals surface area contributed by atoms with E-state index in [-0.39, 0.29) is 24.3 Å². The molecule has 0 spiro atoms. The van der Waals surface area contributed by atoms with E-state index in [9.17, 15) is 9.59 Å². The van der Waals surface area contributed by atoms with E-state index in [0.29, 0.717) is 6.54 Å². The van der Waals surface area contributed by atoms with Crippen LogP contribution < -0.4 is 5.32 Å². The number of benzene rings is 1. The van der Waals surface area contributed by atoms with Crippen LogP contribution in [0.5, 0.6) is 0 Å². The van der Waals surface area contributed by atoms with E-state index in [1.54, 1.807) is 11.1 Å². The molecule has 1 fully saturated rings. The molecule has 2 amide bonds. The quantitative estimate of drug-likeness (QED) is 0.789. The highest BCUT2D eigenvalue weighted by molar-refractivity contribution is 5.81. The largest absolute Gasteiger partial charge is 0.379 e. The van der Waals surface area contributed by atoms with Gasteiger partial charge >= 0.3 is 0 Å². The molecule has 6 heteroatoms. The highest BCUT2D eigenvalue weighted by Crippen LogP contribution is 2.32. The molecule has 140 valence electrons. The molecule has 26 heavy (non-hydrogen) atoms. The first-order chi connectivity index (χ1) is 12.6. The monoisotopic (exact) mass is 357 g/mol. The Balaban J connectivity index is 1.51. The van der Waals surface area contributed by atoms with Crippen molar-refractivity contribution in [1.29, 1.82) is 0 Å². The molecular weight excluding hydrogens is 330 g/mol. The van der Waals surface area contributed by atoms with Crippen LogP contribution in [0, 0.1) is 0 Å². The highest BCUT2D eigenvalue weighted by atomic mass is 16.5. The van der Waals surface area contributed by atoms with E-state index >= 15 is 0 Å². The van der Waals surface area contributed by atoms with Crippen molar-refractivity contribution in [2.24, 2.45) is 0 Å². The summed E-state index contributed by atoms with van der Waals surface area (Å²) in [6.45, 7) is 6.67. The molecule has 2 aliphatic rings. The number of nitrogens with zero attached hydrogens (tertiary/aromatic N) is 2. The Kier molecular flexibility index (Phi) is 6.41. The van der Waals surface area contributed by atoms with Crippen LogP contribution in [0.1, 0.15) is 36.9 Å². The summed E-state index contributed by atoms with van der Waals surface area (Å²) in [5.41, 5.74) is 2.09. The fraction of sp³-hybridized carbons (Fsp3) is 0.500. The normalized spacial score (nSPS) is 19.9. The Morgan fingerprint density at radius 3 is 2.77 bits per heavy atom. The lowest BCUT2D eigenvalue weighted by molar-refractivity contribution is -0.129. The van der Waals surface area contributed by atoms with Crippen LogP contribution in [0.2, 0.25) is 0 Å². The molecule has 0 saturated carbocycles. The van der Waals surface area contributed by atoms with Crippen LogP contribution in [0.4, 0.5) is 0 Å². The van der Waals surface area contributed by atoms with Gasteiger partial charge in [-0.2, -0.15) is 0 Å². The number of nitrogens with one attached hydrogen (secondary N) is 1. The third-order valence-corrected chi connectivity index (χ3v) is 4.92. The van der Waals surface area contributed by atoms with E-state index in [2.05, 4.69) is 10.2 Å². The maximum Gasteiger partial charge on any atom is 0.223 e. The molecule has 1 aromatic rings. The van der Waals surface area contributed by atoms with E-state index < -0.39 is 0 Å². The zero-order valence-electron chi connectivity index (χ0n) is 15.3. The summed E-state index contributed by atoms with van der Waals surface area (Å²) in [4.78, 5) is 28.4. The first kappa shape index (κ1) is 18.6. The summed E-state index contributed by atoms with van der Waals surface area (Å²) in [7, 11) is 0. The summed E-state index contributed by atoms with van der Waals surface area (Å²) in [6.07, 6.45) is 4.90. The number of carbonyl (C=O) groups excluding carboxylic acids is 2. The predicted octanol–water partition coefficient (Wildman–Crippen LogP) is 1.79. The molecule has 3 rings (SSSR count). The molecule has 0 aromatic heterocycles. The number of rotatable bonds is 6. The second-order valence-corrected chi connectivity index (χ2v) is 6.75. The van der Waals surface area contributed by atoms with E-state index in [1.165, 1.54) is 6.92 Å². The molecule has 6 nitrogen and oxygen atoms in total. The first-order valence-electron chi connectivity index (χ1n) is 9.28. The van der Waals surface area contributed by atoms with Gasteiger partial charge in [0.1, 0.15) is 0 Å². The van der Waals surface area contributed by atoms with E-state index in [0.717, 1.165) is 50.4 Å². The minimum absolute atomic E-state index is 0.0201. The molecule has 1 aromatic carbocycles. The minimum Gasteiger partial charge on any atom is -0.379 e. The van der Waals surface area contributed by atoms with Gasteiger partial charge in [0.15, 0.2) is 0 Å². The Hall–Kier alpha value is -2.18. The number of hydrogen-bond acceptors (Lipinski definition) is 4. The molecule has 1 unspecified atom stereocenters. The zero-order chi connectivity index (χ0) is 18.4. The smallest absolute Gasteiger partial charge is 0.223 e. The second-order valence-electron chi connectivity index (χ2n) is 6.75. The van der Waals surface area contributed by atoms with Gasteiger partial charge < -0.3 is 15.0 Å². The number of morpholine rings is 1. The highest BCUT2D eigenvalue weighted by Gasteiger charge is 2.27. The Morgan fingerprint density at radius 2 is 2.00 bits per heavy atom. The summed E-state index contributed by atoms with van der Waals surface area (Å²) in [5.74, 6) is -0.0748. The summed E-state index contributed by atoms with van der Waals surface area (Å²) in [6, 6.07) is 7.67. The lowest BCUT2D eigenvalue weighted by atomic mass is 9.93. The molecule has 2 heterocycles. The van der Waals surface area contributed by atoms with Crippen LogP contribution in [0.25, 0.3) is 6.08 Å². The van der Waals surface area contributed by atoms with Crippen molar-refractivity contribution in [3.05, 3.63) is 41.6 Å². The van der Waals surface area contributed by atoms with Crippen molar-refractivity contribution in [1.82, 2.24) is 15.1 Å². The Morgan fingerprint density at radius 1 is 1.23 bits per heavy atom. The van der Waals surface area contributed by atoms with Crippen molar-refractivity contribution < 1.29 is 14.3 Å². The topological polar surface area (TPSA) is 61.9 Å². The van der Waals surface area contributed by atoms with Gasteiger partial charge in [-0.15, -0.1) is 0 Å². The summed E-state index contributed by atoms with van der Waals surface area (Å²) in [5, 5.41) is 3.00. The van der Waals surface area contributed by atoms with Gasteiger partial charge in [-0.3, -0.25) is 14.5 Å².